The van der Waals surface area contributed by atoms with E-state index in [-0.39, 0.29) is 47.7 Å². The first-order valence-electron chi connectivity index (χ1n) is 10.1. The SMILES string of the molecule is C[C@@H]1C[C@H]2[C@@H]3CCC4=CC(=O)C=C[C@]4(C)[C@@]3(F)[C@@H](O)C[C@]2(C)[C@@]1(O)C(=O)CO.[Na+]. The van der Waals surface area contributed by atoms with Crippen LogP contribution in [0.5, 0.6) is 0 Å². The molecule has 0 aromatic carbocycles. The Morgan fingerprint density at radius 1 is 1.31 bits per heavy atom. The second-order valence-corrected chi connectivity index (χ2v) is 9.75. The van der Waals surface area contributed by atoms with Gasteiger partial charge in [0.15, 0.2) is 17.2 Å². The molecule has 0 aromatic rings. The molecule has 4 aliphatic carbocycles. The summed E-state index contributed by atoms with van der Waals surface area (Å²) >= 11 is 0. The monoisotopic (exact) mass is 415 g/mol. The third-order valence-electron chi connectivity index (χ3n) is 8.79. The Hall–Kier alpha value is -0.370. The third-order valence-corrected chi connectivity index (χ3v) is 8.79. The van der Waals surface area contributed by atoms with E-state index in [0.717, 1.165) is 0 Å². The number of aliphatic hydroxyl groups excluding tert-OH is 2. The van der Waals surface area contributed by atoms with Crippen LogP contribution in [0.2, 0.25) is 0 Å². The molecule has 0 saturated heterocycles. The van der Waals surface area contributed by atoms with Crippen molar-refractivity contribution in [3.05, 3.63) is 23.8 Å². The maximum Gasteiger partial charge on any atom is 1.00 e. The Balaban J connectivity index is 0.00000240. The number of allylic oxidation sites excluding steroid dienone is 4. The van der Waals surface area contributed by atoms with Crippen LogP contribution >= 0.6 is 0 Å². The number of rotatable bonds is 2. The molecule has 4 aliphatic rings. The molecule has 3 saturated carbocycles. The van der Waals surface area contributed by atoms with Crippen molar-refractivity contribution in [3.8, 4) is 0 Å². The molecular weight excluding hydrogens is 386 g/mol. The van der Waals surface area contributed by atoms with Gasteiger partial charge < -0.3 is 15.3 Å². The summed E-state index contributed by atoms with van der Waals surface area (Å²) in [4.78, 5) is 24.4. The van der Waals surface area contributed by atoms with Gasteiger partial charge >= 0.3 is 29.6 Å². The van der Waals surface area contributed by atoms with Crippen LogP contribution in [0.25, 0.3) is 0 Å². The zero-order chi connectivity index (χ0) is 20.7. The number of halogens is 1. The van der Waals surface area contributed by atoms with Gasteiger partial charge in [0.05, 0.1) is 6.10 Å². The largest absolute Gasteiger partial charge is 1.00 e. The molecule has 0 radical (unpaired) electrons. The fraction of sp³-hybridized carbons (Fsp3) is 0.727. The summed E-state index contributed by atoms with van der Waals surface area (Å²) < 4.78 is 16.9. The van der Waals surface area contributed by atoms with Crippen molar-refractivity contribution in [1.29, 1.82) is 0 Å². The van der Waals surface area contributed by atoms with Crippen LogP contribution < -0.4 is 29.6 Å². The van der Waals surface area contributed by atoms with E-state index in [1.54, 1.807) is 26.8 Å². The summed E-state index contributed by atoms with van der Waals surface area (Å²) in [6.07, 6.45) is 4.44. The second-order valence-electron chi connectivity index (χ2n) is 9.75. The average Bonchev–Trinajstić information content (AvgIpc) is 2.84. The smallest absolute Gasteiger partial charge is 0.390 e. The number of Topliss-reactive ketones (excluding diaryl/α,β-unsaturated/α-hetero) is 1. The second kappa shape index (κ2) is 7.07. The van der Waals surface area contributed by atoms with Gasteiger partial charge in [0, 0.05) is 16.7 Å². The van der Waals surface area contributed by atoms with E-state index in [9.17, 15) is 24.9 Å². The molecule has 29 heavy (non-hydrogen) atoms. The first-order valence-corrected chi connectivity index (χ1v) is 10.1. The fourth-order valence-corrected chi connectivity index (χ4v) is 7.26. The molecule has 3 fully saturated rings. The Morgan fingerprint density at radius 2 is 1.97 bits per heavy atom. The maximum atomic E-state index is 16.9. The van der Waals surface area contributed by atoms with Crippen LogP contribution in [0.1, 0.15) is 46.5 Å². The molecule has 0 aromatic heterocycles. The summed E-state index contributed by atoms with van der Waals surface area (Å²) in [6.45, 7) is 4.48. The van der Waals surface area contributed by atoms with Gasteiger partial charge in [0.1, 0.15) is 12.2 Å². The number of hydrogen-bond acceptors (Lipinski definition) is 5. The van der Waals surface area contributed by atoms with Crippen LogP contribution in [-0.2, 0) is 9.59 Å². The summed E-state index contributed by atoms with van der Waals surface area (Å²) in [7, 11) is 0. The molecule has 5 nitrogen and oxygen atoms in total. The third kappa shape index (κ3) is 2.60. The summed E-state index contributed by atoms with van der Waals surface area (Å²) in [5.74, 6) is -2.12. The number of ketones is 2. The number of fused-ring (bicyclic) bond motifs is 5. The van der Waals surface area contributed by atoms with Crippen LogP contribution in [0.3, 0.4) is 0 Å². The van der Waals surface area contributed by atoms with E-state index in [1.165, 1.54) is 12.2 Å². The van der Waals surface area contributed by atoms with E-state index in [0.29, 0.717) is 24.8 Å². The van der Waals surface area contributed by atoms with E-state index < -0.39 is 52.4 Å². The minimum atomic E-state index is -1.98. The number of alkyl halides is 1. The zero-order valence-electron chi connectivity index (χ0n) is 17.6. The number of aliphatic hydroxyl groups is 3. The van der Waals surface area contributed by atoms with E-state index in [1.807, 2.05) is 0 Å². The van der Waals surface area contributed by atoms with E-state index in [2.05, 4.69) is 0 Å². The van der Waals surface area contributed by atoms with Gasteiger partial charge in [-0.05, 0) is 56.6 Å². The normalized spacial score (nSPS) is 50.7. The summed E-state index contributed by atoms with van der Waals surface area (Å²) in [5.41, 5.74) is -5.17. The molecule has 4 rings (SSSR count). The van der Waals surface area contributed by atoms with Crippen molar-refractivity contribution >= 4 is 11.6 Å². The van der Waals surface area contributed by atoms with Gasteiger partial charge in [-0.3, -0.25) is 9.59 Å². The minimum Gasteiger partial charge on any atom is -0.390 e. The van der Waals surface area contributed by atoms with Crippen LogP contribution in [0.4, 0.5) is 4.39 Å². The molecule has 0 heterocycles. The van der Waals surface area contributed by atoms with Gasteiger partial charge in [-0.15, -0.1) is 0 Å². The Morgan fingerprint density at radius 3 is 2.59 bits per heavy atom. The van der Waals surface area contributed by atoms with Gasteiger partial charge in [-0.2, -0.15) is 0 Å². The number of carbonyl (C=O) groups is 2. The number of hydrogen-bond donors (Lipinski definition) is 3. The summed E-state index contributed by atoms with van der Waals surface area (Å²) in [5, 5.41) is 32.0. The molecule has 0 spiro atoms. The minimum absolute atomic E-state index is 0. The van der Waals surface area contributed by atoms with Gasteiger partial charge in [-0.25, -0.2) is 4.39 Å². The Labute approximate surface area is 192 Å². The van der Waals surface area contributed by atoms with Crippen molar-refractivity contribution in [2.24, 2.45) is 28.6 Å². The zero-order valence-corrected chi connectivity index (χ0v) is 19.6. The van der Waals surface area contributed by atoms with Crippen molar-refractivity contribution in [3.63, 3.8) is 0 Å². The first-order chi connectivity index (χ1) is 13.0. The fourth-order valence-electron chi connectivity index (χ4n) is 7.26. The first kappa shape index (κ1) is 23.3. The molecule has 0 aliphatic heterocycles. The quantitative estimate of drug-likeness (QED) is 0.498. The molecule has 3 N–H and O–H groups in total. The van der Waals surface area contributed by atoms with Crippen LogP contribution in [0.15, 0.2) is 23.8 Å². The Kier molecular flexibility index (Phi) is 5.68. The van der Waals surface area contributed by atoms with Crippen molar-refractivity contribution < 1.29 is 58.9 Å². The van der Waals surface area contributed by atoms with Crippen molar-refractivity contribution in [2.45, 2.75) is 63.8 Å². The molecule has 154 valence electrons. The van der Waals surface area contributed by atoms with Gasteiger partial charge in [0.25, 0.3) is 0 Å². The topological polar surface area (TPSA) is 94.8 Å². The average molecular weight is 415 g/mol. The van der Waals surface area contributed by atoms with Crippen molar-refractivity contribution in [2.75, 3.05) is 6.61 Å². The molecule has 0 unspecified atom stereocenters. The molecule has 8 atom stereocenters. The predicted molar refractivity (Wildman–Crippen MR) is 99.9 cm³/mol. The van der Waals surface area contributed by atoms with E-state index in [4.69, 9.17) is 0 Å². The van der Waals surface area contributed by atoms with Crippen LogP contribution in [-0.4, -0.2) is 50.9 Å². The Bertz CT molecular complexity index is 811. The molecule has 0 bridgehead atoms. The standard InChI is InChI=1S/C22H29FO5.Na/c1-12-8-16-15-5-4-13-9-14(25)6-7-19(13,2)21(15,23)17(26)10-20(16,3)22(12,28)18(27)11-24;/h6-7,9,12,15-17,24,26,28H,4-5,8,10-11H2,1-3H3;/q;+1/t12-,15+,16+,17+,19+,20+,21+,22+;/m1./s1. The number of carbonyl (C=O) groups excluding carboxylic acids is 2. The molecule has 0 amide bonds. The van der Waals surface area contributed by atoms with Gasteiger partial charge in [-0.1, -0.05) is 25.5 Å². The van der Waals surface area contributed by atoms with E-state index >= 15 is 4.39 Å². The van der Waals surface area contributed by atoms with Crippen LogP contribution in [0, 0.1) is 28.6 Å². The maximum absolute atomic E-state index is 16.9. The van der Waals surface area contributed by atoms with Crippen molar-refractivity contribution in [1.82, 2.24) is 0 Å². The van der Waals surface area contributed by atoms with Gasteiger partial charge in [0.2, 0.25) is 0 Å². The molecule has 7 heteroatoms. The predicted octanol–water partition coefficient (Wildman–Crippen LogP) is -1.10. The summed E-state index contributed by atoms with van der Waals surface area (Å²) in [6, 6.07) is 0. The molecular formula is C22H29FNaO5+.